The molecule has 3 rings (SSSR count). The van der Waals surface area contributed by atoms with Gasteiger partial charge < -0.3 is 20.7 Å². The van der Waals surface area contributed by atoms with E-state index in [9.17, 15) is 0 Å². The molecule has 0 aliphatic carbocycles. The van der Waals surface area contributed by atoms with E-state index < -0.39 is 0 Å². The van der Waals surface area contributed by atoms with Crippen LogP contribution in [0.3, 0.4) is 0 Å². The van der Waals surface area contributed by atoms with Crippen molar-refractivity contribution < 1.29 is 9.26 Å². The number of nitrogens with zero attached hydrogens (tertiary/aromatic N) is 4. The molecule has 0 bridgehead atoms. The lowest BCUT2D eigenvalue weighted by molar-refractivity contribution is 0.343. The molecule has 0 saturated carbocycles. The molecule has 138 valence electrons. The Morgan fingerprint density at radius 3 is 2.89 bits per heavy atom. The monoisotopic (exact) mass is 364 g/mol. The van der Waals surface area contributed by atoms with Gasteiger partial charge in [-0.25, -0.2) is 9.97 Å². The van der Waals surface area contributed by atoms with E-state index in [2.05, 4.69) is 20.1 Å². The molecule has 0 amide bonds. The predicted octanol–water partition coefficient (Wildman–Crippen LogP) is 2.23. The van der Waals surface area contributed by atoms with Crippen LogP contribution in [-0.4, -0.2) is 35.0 Å². The topological polar surface area (TPSA) is 125 Å². The molecule has 0 aliphatic rings. The molecule has 3 aromatic heterocycles. The fourth-order valence-corrected chi connectivity index (χ4v) is 2.41. The van der Waals surface area contributed by atoms with Gasteiger partial charge in [-0.1, -0.05) is 11.2 Å². The van der Waals surface area contributed by atoms with E-state index in [-0.39, 0.29) is 0 Å². The minimum Gasteiger partial charge on any atom is -0.473 e. The Bertz CT molecular complexity index is 947. The lowest BCUT2D eigenvalue weighted by Crippen LogP contribution is -2.05. The SMILES string of the molecule is CN=CC(=CN)COc1ccc(Cc2cc(-c3cccnc3N)on2)cn1. The number of hydrogen-bond donors (Lipinski definition) is 2. The van der Waals surface area contributed by atoms with Crippen molar-refractivity contribution in [1.29, 1.82) is 0 Å². The molecule has 27 heavy (non-hydrogen) atoms. The zero-order valence-corrected chi connectivity index (χ0v) is 14.9. The Kier molecular flexibility index (Phi) is 5.78. The number of aromatic nitrogens is 3. The van der Waals surface area contributed by atoms with Gasteiger partial charge in [0.15, 0.2) is 5.76 Å². The lowest BCUT2D eigenvalue weighted by atomic mass is 10.1. The van der Waals surface area contributed by atoms with Crippen LogP contribution in [-0.2, 0) is 6.42 Å². The molecule has 0 radical (unpaired) electrons. The Morgan fingerprint density at radius 2 is 2.19 bits per heavy atom. The predicted molar refractivity (Wildman–Crippen MR) is 103 cm³/mol. The van der Waals surface area contributed by atoms with Gasteiger partial charge in [-0.3, -0.25) is 4.99 Å². The van der Waals surface area contributed by atoms with Gasteiger partial charge in [-0.05, 0) is 17.7 Å². The van der Waals surface area contributed by atoms with Crippen molar-refractivity contribution in [2.75, 3.05) is 19.4 Å². The third kappa shape index (κ3) is 4.69. The van der Waals surface area contributed by atoms with Crippen molar-refractivity contribution in [2.24, 2.45) is 10.7 Å². The minimum absolute atomic E-state index is 0.305. The summed E-state index contributed by atoms with van der Waals surface area (Å²) >= 11 is 0. The van der Waals surface area contributed by atoms with E-state index in [1.54, 1.807) is 37.8 Å². The molecule has 8 heteroatoms. The summed E-state index contributed by atoms with van der Waals surface area (Å²) in [7, 11) is 1.68. The van der Waals surface area contributed by atoms with Gasteiger partial charge in [0.1, 0.15) is 12.4 Å². The highest BCUT2D eigenvalue weighted by Crippen LogP contribution is 2.25. The van der Waals surface area contributed by atoms with Crippen molar-refractivity contribution in [2.45, 2.75) is 6.42 Å². The highest BCUT2D eigenvalue weighted by molar-refractivity contribution is 5.78. The van der Waals surface area contributed by atoms with Crippen molar-refractivity contribution in [3.8, 4) is 17.2 Å². The van der Waals surface area contributed by atoms with Crippen molar-refractivity contribution in [3.63, 3.8) is 0 Å². The summed E-state index contributed by atoms with van der Waals surface area (Å²) in [5.41, 5.74) is 14.6. The Labute approximate surface area is 156 Å². The minimum atomic E-state index is 0.305. The summed E-state index contributed by atoms with van der Waals surface area (Å²) < 4.78 is 11.0. The van der Waals surface area contributed by atoms with E-state index in [4.69, 9.17) is 20.7 Å². The van der Waals surface area contributed by atoms with Crippen LogP contribution >= 0.6 is 0 Å². The first kappa shape index (κ1) is 18.1. The van der Waals surface area contributed by atoms with E-state index in [1.807, 2.05) is 18.2 Å². The van der Waals surface area contributed by atoms with E-state index in [0.29, 0.717) is 30.5 Å². The van der Waals surface area contributed by atoms with Crippen molar-refractivity contribution >= 4 is 12.0 Å². The fraction of sp³-hybridized carbons (Fsp3) is 0.158. The summed E-state index contributed by atoms with van der Waals surface area (Å²) in [6, 6.07) is 9.21. The van der Waals surface area contributed by atoms with Gasteiger partial charge in [-0.2, -0.15) is 0 Å². The van der Waals surface area contributed by atoms with Gasteiger partial charge in [0.25, 0.3) is 0 Å². The highest BCUT2D eigenvalue weighted by Gasteiger charge is 2.11. The summed E-state index contributed by atoms with van der Waals surface area (Å²) in [4.78, 5) is 12.3. The Morgan fingerprint density at radius 1 is 1.30 bits per heavy atom. The Balaban J connectivity index is 1.63. The summed E-state index contributed by atoms with van der Waals surface area (Å²) in [5.74, 6) is 1.50. The summed E-state index contributed by atoms with van der Waals surface area (Å²) in [6.45, 7) is 0.305. The average molecular weight is 364 g/mol. The molecule has 4 N–H and O–H groups in total. The van der Waals surface area contributed by atoms with E-state index in [1.165, 1.54) is 6.20 Å². The number of aliphatic imine (C=N–C) groups is 1. The molecule has 0 aliphatic heterocycles. The lowest BCUT2D eigenvalue weighted by Gasteiger charge is -2.05. The molecule has 3 heterocycles. The van der Waals surface area contributed by atoms with Gasteiger partial charge >= 0.3 is 0 Å². The maximum absolute atomic E-state index is 5.87. The zero-order valence-electron chi connectivity index (χ0n) is 14.9. The molecular weight excluding hydrogens is 344 g/mol. The van der Waals surface area contributed by atoms with Crippen LogP contribution in [0.5, 0.6) is 5.88 Å². The van der Waals surface area contributed by atoms with Crippen molar-refractivity contribution in [3.05, 3.63) is 65.8 Å². The maximum Gasteiger partial charge on any atom is 0.213 e. The molecule has 3 aromatic rings. The maximum atomic E-state index is 5.87. The van der Waals surface area contributed by atoms with Crippen LogP contribution in [0.1, 0.15) is 11.3 Å². The van der Waals surface area contributed by atoms with Crippen LogP contribution in [0.25, 0.3) is 11.3 Å². The first-order valence-corrected chi connectivity index (χ1v) is 8.26. The van der Waals surface area contributed by atoms with Crippen LogP contribution < -0.4 is 16.2 Å². The van der Waals surface area contributed by atoms with Gasteiger partial charge in [-0.15, -0.1) is 0 Å². The third-order valence-electron chi connectivity index (χ3n) is 3.74. The summed E-state index contributed by atoms with van der Waals surface area (Å²) in [6.07, 6.45) is 7.05. The molecule has 0 spiro atoms. The zero-order chi connectivity index (χ0) is 19.1. The number of anilines is 1. The summed E-state index contributed by atoms with van der Waals surface area (Å²) in [5, 5.41) is 4.09. The normalized spacial score (nSPS) is 11.8. The number of nitrogen functional groups attached to an aromatic ring is 1. The standard InChI is InChI=1S/C19H20N6O2/c1-22-10-14(9-20)12-26-18-5-4-13(11-24-18)7-15-8-17(27-25-15)16-3-2-6-23-19(16)21/h2-6,8-11H,7,12,20H2,1H3,(H2,21,23). The van der Waals surface area contributed by atoms with E-state index in [0.717, 1.165) is 22.4 Å². The molecule has 0 saturated heterocycles. The van der Waals surface area contributed by atoms with Crippen LogP contribution in [0.15, 0.2) is 64.0 Å². The van der Waals surface area contributed by atoms with Crippen LogP contribution in [0, 0.1) is 0 Å². The molecule has 0 atom stereocenters. The molecule has 0 fully saturated rings. The van der Waals surface area contributed by atoms with Gasteiger partial charge in [0, 0.05) is 56.0 Å². The number of rotatable bonds is 7. The first-order chi connectivity index (χ1) is 13.2. The van der Waals surface area contributed by atoms with Crippen molar-refractivity contribution in [1.82, 2.24) is 15.1 Å². The quantitative estimate of drug-likeness (QED) is 0.616. The molecular formula is C19H20N6O2. The number of pyridine rings is 2. The Hall–Kier alpha value is -3.68. The molecule has 0 aromatic carbocycles. The second kappa shape index (κ2) is 8.61. The largest absolute Gasteiger partial charge is 0.473 e. The second-order valence-electron chi connectivity index (χ2n) is 5.72. The number of nitrogens with two attached hydrogens (primary N) is 2. The average Bonchev–Trinajstić information content (AvgIpc) is 3.15. The number of ether oxygens (including phenoxy) is 1. The van der Waals surface area contributed by atoms with E-state index >= 15 is 0 Å². The molecule has 8 nitrogen and oxygen atoms in total. The van der Waals surface area contributed by atoms with Crippen LogP contribution in [0.2, 0.25) is 0 Å². The smallest absolute Gasteiger partial charge is 0.213 e. The molecule has 0 unspecified atom stereocenters. The second-order valence-corrected chi connectivity index (χ2v) is 5.72. The van der Waals surface area contributed by atoms with Gasteiger partial charge in [0.2, 0.25) is 5.88 Å². The van der Waals surface area contributed by atoms with Crippen LogP contribution in [0.4, 0.5) is 5.82 Å². The third-order valence-corrected chi connectivity index (χ3v) is 3.74. The van der Waals surface area contributed by atoms with Gasteiger partial charge in [0.05, 0.1) is 11.3 Å². The number of hydrogen-bond acceptors (Lipinski definition) is 8. The fourth-order valence-electron chi connectivity index (χ4n) is 2.41. The highest BCUT2D eigenvalue weighted by atomic mass is 16.5. The first-order valence-electron chi connectivity index (χ1n) is 8.26.